The van der Waals surface area contributed by atoms with Crippen LogP contribution in [0.2, 0.25) is 0 Å². The first-order valence-electron chi connectivity index (χ1n) is 10.7. The molecular weight excluding hydrogens is 356 g/mol. The molecule has 0 N–H and O–H groups in total. The molecular formula is C26H32N2O. The molecule has 1 atom stereocenters. The number of rotatable bonds is 10. The highest BCUT2D eigenvalue weighted by atomic mass is 16.5. The first kappa shape index (κ1) is 21.0. The quantitative estimate of drug-likeness (QED) is 0.365. The van der Waals surface area contributed by atoms with Gasteiger partial charge in [-0.1, -0.05) is 56.2 Å². The normalized spacial score (nSPS) is 12.9. The number of benzene rings is 2. The summed E-state index contributed by atoms with van der Waals surface area (Å²) >= 11 is 0. The van der Waals surface area contributed by atoms with E-state index in [-0.39, 0.29) is 0 Å². The molecule has 3 rings (SSSR count). The third kappa shape index (κ3) is 6.42. The molecule has 0 saturated carbocycles. The van der Waals surface area contributed by atoms with E-state index in [9.17, 15) is 0 Å². The van der Waals surface area contributed by atoms with Crippen LogP contribution in [0.4, 0.5) is 0 Å². The predicted molar refractivity (Wildman–Crippen MR) is 123 cm³/mol. The maximum atomic E-state index is 6.06. The van der Waals surface area contributed by atoms with Gasteiger partial charge in [0.25, 0.3) is 0 Å². The number of aromatic nitrogens is 1. The fourth-order valence-corrected chi connectivity index (χ4v) is 3.72. The van der Waals surface area contributed by atoms with Crippen LogP contribution < -0.4 is 4.74 Å². The Labute approximate surface area is 174 Å². The average molecular weight is 389 g/mol. The average Bonchev–Trinajstić information content (AvgIpc) is 2.76. The van der Waals surface area contributed by atoms with Gasteiger partial charge in [-0.05, 0) is 61.9 Å². The van der Waals surface area contributed by atoms with Gasteiger partial charge < -0.3 is 4.74 Å². The largest absolute Gasteiger partial charge is 0.487 e. The Morgan fingerprint density at radius 3 is 2.72 bits per heavy atom. The maximum absolute atomic E-state index is 6.06. The summed E-state index contributed by atoms with van der Waals surface area (Å²) in [5.41, 5.74) is 4.55. The van der Waals surface area contributed by atoms with Gasteiger partial charge in [0.2, 0.25) is 0 Å². The van der Waals surface area contributed by atoms with Crippen molar-refractivity contribution in [2.75, 3.05) is 7.05 Å². The SMILES string of the molecule is CCCC(CCC(C)=NC)Cc1cccc(OCc2ccc3ccccc3n2)c1. The first-order valence-corrected chi connectivity index (χ1v) is 10.7. The smallest absolute Gasteiger partial charge is 0.130 e. The van der Waals surface area contributed by atoms with Crippen LogP contribution in [-0.4, -0.2) is 17.7 Å². The second-order valence-corrected chi connectivity index (χ2v) is 7.79. The van der Waals surface area contributed by atoms with E-state index in [1.807, 2.05) is 37.4 Å². The Kier molecular flexibility index (Phi) is 7.80. The fourth-order valence-electron chi connectivity index (χ4n) is 3.72. The Balaban J connectivity index is 1.61. The van der Waals surface area contributed by atoms with Crippen molar-refractivity contribution in [3.63, 3.8) is 0 Å². The zero-order valence-electron chi connectivity index (χ0n) is 17.9. The van der Waals surface area contributed by atoms with Crippen LogP contribution in [0.5, 0.6) is 5.75 Å². The fraction of sp³-hybridized carbons (Fsp3) is 0.385. The molecule has 0 radical (unpaired) electrons. The Morgan fingerprint density at radius 1 is 1.03 bits per heavy atom. The van der Waals surface area contributed by atoms with Gasteiger partial charge in [0, 0.05) is 18.1 Å². The minimum Gasteiger partial charge on any atom is -0.487 e. The highest BCUT2D eigenvalue weighted by Crippen LogP contribution is 2.23. The van der Waals surface area contributed by atoms with Gasteiger partial charge in [-0.3, -0.25) is 4.99 Å². The molecule has 1 unspecified atom stereocenters. The van der Waals surface area contributed by atoms with Gasteiger partial charge in [0.1, 0.15) is 12.4 Å². The number of nitrogens with zero attached hydrogens (tertiary/aromatic N) is 2. The van der Waals surface area contributed by atoms with Gasteiger partial charge in [-0.15, -0.1) is 0 Å². The van der Waals surface area contributed by atoms with Crippen molar-refractivity contribution in [3.05, 3.63) is 71.9 Å². The van der Waals surface area contributed by atoms with Crippen LogP contribution in [0.15, 0.2) is 65.7 Å². The molecule has 3 nitrogen and oxygen atoms in total. The highest BCUT2D eigenvalue weighted by Gasteiger charge is 2.10. The highest BCUT2D eigenvalue weighted by molar-refractivity contribution is 5.81. The molecule has 3 aromatic rings. The minimum absolute atomic E-state index is 0.485. The van der Waals surface area contributed by atoms with Crippen LogP contribution >= 0.6 is 0 Å². The Hall–Kier alpha value is -2.68. The Bertz CT molecular complexity index is 948. The lowest BCUT2D eigenvalue weighted by atomic mass is 9.90. The van der Waals surface area contributed by atoms with Crippen molar-refractivity contribution in [2.24, 2.45) is 10.9 Å². The number of pyridine rings is 1. The predicted octanol–water partition coefficient (Wildman–Crippen LogP) is 6.64. The topological polar surface area (TPSA) is 34.5 Å². The zero-order chi connectivity index (χ0) is 20.5. The lowest BCUT2D eigenvalue weighted by molar-refractivity contribution is 0.301. The molecule has 0 spiro atoms. The number of aliphatic imine (C=N–C) groups is 1. The molecule has 0 saturated heterocycles. The number of ether oxygens (including phenoxy) is 1. The van der Waals surface area contributed by atoms with E-state index >= 15 is 0 Å². The molecule has 152 valence electrons. The van der Waals surface area contributed by atoms with Gasteiger partial charge in [-0.2, -0.15) is 0 Å². The van der Waals surface area contributed by atoms with Crippen molar-refractivity contribution in [2.45, 2.75) is 52.6 Å². The van der Waals surface area contributed by atoms with Crippen LogP contribution in [0.3, 0.4) is 0 Å². The molecule has 0 fully saturated rings. The van der Waals surface area contributed by atoms with E-state index in [2.05, 4.69) is 49.2 Å². The molecule has 0 bridgehead atoms. The monoisotopic (exact) mass is 388 g/mol. The standard InChI is InChI=1S/C26H32N2O/c1-4-8-21(14-13-20(2)27-3)17-22-9-7-11-25(18-22)29-19-24-16-15-23-10-5-6-12-26(23)28-24/h5-7,9-12,15-16,18,21H,4,8,13-14,17,19H2,1-3H3. The third-order valence-electron chi connectivity index (χ3n) is 5.46. The van der Waals surface area contributed by atoms with Crippen molar-refractivity contribution in [1.29, 1.82) is 0 Å². The van der Waals surface area contributed by atoms with E-state index in [0.29, 0.717) is 12.5 Å². The van der Waals surface area contributed by atoms with Crippen LogP contribution in [0, 0.1) is 5.92 Å². The zero-order valence-corrected chi connectivity index (χ0v) is 17.9. The molecule has 2 aromatic carbocycles. The summed E-state index contributed by atoms with van der Waals surface area (Å²) in [7, 11) is 1.88. The number of para-hydroxylation sites is 1. The van der Waals surface area contributed by atoms with Gasteiger partial charge in [0.05, 0.1) is 11.2 Å². The summed E-state index contributed by atoms with van der Waals surface area (Å²) in [6.07, 6.45) is 5.85. The minimum atomic E-state index is 0.485. The maximum Gasteiger partial charge on any atom is 0.130 e. The third-order valence-corrected chi connectivity index (χ3v) is 5.46. The molecule has 0 amide bonds. The summed E-state index contributed by atoms with van der Waals surface area (Å²) in [6.45, 7) is 4.88. The van der Waals surface area contributed by atoms with E-state index in [0.717, 1.165) is 35.2 Å². The molecule has 0 aliphatic rings. The molecule has 0 aliphatic heterocycles. The van der Waals surface area contributed by atoms with E-state index in [4.69, 9.17) is 9.72 Å². The summed E-state index contributed by atoms with van der Waals surface area (Å²) in [5, 5.41) is 1.16. The van der Waals surface area contributed by atoms with Gasteiger partial charge in [0.15, 0.2) is 0 Å². The number of hydrogen-bond donors (Lipinski definition) is 0. The van der Waals surface area contributed by atoms with Crippen molar-refractivity contribution in [3.8, 4) is 5.75 Å². The number of fused-ring (bicyclic) bond motifs is 1. The van der Waals surface area contributed by atoms with Crippen LogP contribution in [0.1, 0.15) is 50.8 Å². The van der Waals surface area contributed by atoms with Crippen LogP contribution in [-0.2, 0) is 13.0 Å². The molecule has 1 heterocycles. The van der Waals surface area contributed by atoms with Gasteiger partial charge >= 0.3 is 0 Å². The van der Waals surface area contributed by atoms with E-state index in [1.165, 1.54) is 30.5 Å². The second kappa shape index (κ2) is 10.8. The molecule has 1 aromatic heterocycles. The molecule has 0 aliphatic carbocycles. The second-order valence-electron chi connectivity index (χ2n) is 7.79. The van der Waals surface area contributed by atoms with E-state index in [1.54, 1.807) is 0 Å². The summed E-state index contributed by atoms with van der Waals surface area (Å²) in [5.74, 6) is 1.60. The van der Waals surface area contributed by atoms with Crippen LogP contribution in [0.25, 0.3) is 10.9 Å². The Morgan fingerprint density at radius 2 is 1.90 bits per heavy atom. The molecule has 29 heavy (non-hydrogen) atoms. The van der Waals surface area contributed by atoms with Gasteiger partial charge in [-0.25, -0.2) is 4.98 Å². The molecule has 3 heteroatoms. The summed E-state index contributed by atoms with van der Waals surface area (Å²) in [4.78, 5) is 9.00. The first-order chi connectivity index (χ1) is 14.2. The lowest BCUT2D eigenvalue weighted by Crippen LogP contribution is -2.07. The van der Waals surface area contributed by atoms with E-state index < -0.39 is 0 Å². The summed E-state index contributed by atoms with van der Waals surface area (Å²) in [6, 6.07) is 20.9. The number of hydrogen-bond acceptors (Lipinski definition) is 3. The van der Waals surface area contributed by atoms with Crippen molar-refractivity contribution in [1.82, 2.24) is 4.98 Å². The lowest BCUT2D eigenvalue weighted by Gasteiger charge is -2.17. The van der Waals surface area contributed by atoms with Crippen molar-refractivity contribution < 1.29 is 4.74 Å². The summed E-state index contributed by atoms with van der Waals surface area (Å²) < 4.78 is 6.06. The van der Waals surface area contributed by atoms with Crippen molar-refractivity contribution >= 4 is 16.6 Å².